The molecule has 0 saturated carbocycles. The minimum absolute atomic E-state index is 0.509. The minimum atomic E-state index is 0.509. The fourth-order valence-corrected chi connectivity index (χ4v) is 2.29. The zero-order valence-electron chi connectivity index (χ0n) is 11.9. The summed E-state index contributed by atoms with van der Waals surface area (Å²) in [5, 5.41) is 3.41. The van der Waals surface area contributed by atoms with E-state index in [0.717, 1.165) is 25.3 Å². The standard InChI is InChI=1S/C13H29N5/c1-3-5-8-15-13(17-14)16-12-6-10-18(9-4-2)11-7-12/h12H,3-11,14H2,1-2H3,(H2,15,16,17). The lowest BCUT2D eigenvalue weighted by Gasteiger charge is -2.32. The van der Waals surface area contributed by atoms with E-state index in [-0.39, 0.29) is 0 Å². The first-order valence-corrected chi connectivity index (χ1v) is 7.30. The molecule has 5 heteroatoms. The highest BCUT2D eigenvalue weighted by Gasteiger charge is 2.18. The molecule has 0 aromatic heterocycles. The van der Waals surface area contributed by atoms with Crippen molar-refractivity contribution in [2.75, 3.05) is 26.2 Å². The Morgan fingerprint density at radius 1 is 1.28 bits per heavy atom. The monoisotopic (exact) mass is 255 g/mol. The van der Waals surface area contributed by atoms with Crippen LogP contribution in [0.25, 0.3) is 0 Å². The number of piperidine rings is 1. The van der Waals surface area contributed by atoms with Crippen LogP contribution in [0.2, 0.25) is 0 Å². The highest BCUT2D eigenvalue weighted by atomic mass is 15.3. The molecule has 0 aliphatic carbocycles. The van der Waals surface area contributed by atoms with Gasteiger partial charge >= 0.3 is 0 Å². The van der Waals surface area contributed by atoms with Gasteiger partial charge in [-0.3, -0.25) is 10.4 Å². The third kappa shape index (κ3) is 5.69. The van der Waals surface area contributed by atoms with E-state index in [1.165, 1.54) is 38.9 Å². The molecule has 0 radical (unpaired) electrons. The van der Waals surface area contributed by atoms with E-state index in [1.54, 1.807) is 0 Å². The summed E-state index contributed by atoms with van der Waals surface area (Å²) < 4.78 is 0. The third-order valence-electron chi connectivity index (χ3n) is 3.39. The van der Waals surface area contributed by atoms with E-state index in [0.29, 0.717) is 6.04 Å². The van der Waals surface area contributed by atoms with Crippen LogP contribution >= 0.6 is 0 Å². The van der Waals surface area contributed by atoms with E-state index in [1.807, 2.05) is 0 Å². The fourth-order valence-electron chi connectivity index (χ4n) is 2.29. The van der Waals surface area contributed by atoms with E-state index >= 15 is 0 Å². The number of hydrogen-bond donors (Lipinski definition) is 3. The van der Waals surface area contributed by atoms with Gasteiger partial charge < -0.3 is 10.2 Å². The van der Waals surface area contributed by atoms with Gasteiger partial charge in [0.1, 0.15) is 0 Å². The lowest BCUT2D eigenvalue weighted by atomic mass is 10.1. The normalized spacial score (nSPS) is 18.9. The van der Waals surface area contributed by atoms with Crippen LogP contribution in [-0.4, -0.2) is 43.1 Å². The molecule has 0 unspecified atom stereocenters. The van der Waals surface area contributed by atoms with Crippen molar-refractivity contribution < 1.29 is 0 Å². The molecular weight excluding hydrogens is 226 g/mol. The van der Waals surface area contributed by atoms with Crippen LogP contribution in [0.3, 0.4) is 0 Å². The molecule has 0 atom stereocenters. The second-order valence-electron chi connectivity index (χ2n) is 4.99. The van der Waals surface area contributed by atoms with E-state index in [2.05, 4.69) is 34.5 Å². The second kappa shape index (κ2) is 9.16. The third-order valence-corrected chi connectivity index (χ3v) is 3.39. The van der Waals surface area contributed by atoms with Gasteiger partial charge in [-0.25, -0.2) is 5.84 Å². The van der Waals surface area contributed by atoms with Gasteiger partial charge in [0.25, 0.3) is 0 Å². The van der Waals surface area contributed by atoms with Crippen LogP contribution in [-0.2, 0) is 0 Å². The quantitative estimate of drug-likeness (QED) is 0.218. The summed E-state index contributed by atoms with van der Waals surface area (Å²) in [5.74, 6) is 6.24. The summed E-state index contributed by atoms with van der Waals surface area (Å²) in [6.07, 6.45) is 5.87. The van der Waals surface area contributed by atoms with Crippen LogP contribution in [0.1, 0.15) is 46.0 Å². The van der Waals surface area contributed by atoms with Crippen LogP contribution < -0.4 is 16.6 Å². The Labute approximate surface area is 111 Å². The maximum absolute atomic E-state index is 5.49. The molecule has 4 N–H and O–H groups in total. The Bertz CT molecular complexity index is 234. The Morgan fingerprint density at radius 3 is 2.56 bits per heavy atom. The SMILES string of the molecule is CCCCN=C(NN)NC1CCN(CCC)CC1. The molecule has 106 valence electrons. The lowest BCUT2D eigenvalue weighted by Crippen LogP contribution is -2.50. The molecule has 0 aromatic carbocycles. The molecule has 18 heavy (non-hydrogen) atoms. The number of rotatable bonds is 6. The van der Waals surface area contributed by atoms with Crippen molar-refractivity contribution in [2.45, 2.75) is 52.0 Å². The number of hydrogen-bond acceptors (Lipinski definition) is 3. The molecule has 5 nitrogen and oxygen atoms in total. The zero-order valence-corrected chi connectivity index (χ0v) is 11.9. The lowest BCUT2D eigenvalue weighted by molar-refractivity contribution is 0.206. The molecular formula is C13H29N5. The number of aliphatic imine (C=N–C) groups is 1. The maximum atomic E-state index is 5.49. The Balaban J connectivity index is 2.27. The average Bonchev–Trinajstić information content (AvgIpc) is 2.40. The van der Waals surface area contributed by atoms with Gasteiger partial charge in [-0.05, 0) is 32.2 Å². The zero-order chi connectivity index (χ0) is 13.2. The first-order valence-electron chi connectivity index (χ1n) is 7.30. The molecule has 0 amide bonds. The average molecular weight is 255 g/mol. The van der Waals surface area contributed by atoms with Gasteiger partial charge in [-0.15, -0.1) is 0 Å². The fraction of sp³-hybridized carbons (Fsp3) is 0.923. The molecule has 1 heterocycles. The Hall–Kier alpha value is -0.810. The molecule has 0 aromatic rings. The van der Waals surface area contributed by atoms with Crippen molar-refractivity contribution in [3.8, 4) is 0 Å². The summed E-state index contributed by atoms with van der Waals surface area (Å²) in [6.45, 7) is 8.83. The summed E-state index contributed by atoms with van der Waals surface area (Å²) >= 11 is 0. The molecule has 1 fully saturated rings. The number of nitrogens with one attached hydrogen (secondary N) is 2. The van der Waals surface area contributed by atoms with Gasteiger partial charge in [0.05, 0.1) is 0 Å². The molecule has 1 aliphatic rings. The molecule has 1 rings (SSSR count). The highest BCUT2D eigenvalue weighted by Crippen LogP contribution is 2.10. The maximum Gasteiger partial charge on any atom is 0.205 e. The van der Waals surface area contributed by atoms with Gasteiger partial charge in [0.15, 0.2) is 0 Å². The molecule has 0 bridgehead atoms. The number of nitrogens with two attached hydrogens (primary N) is 1. The van der Waals surface area contributed by atoms with Crippen molar-refractivity contribution in [3.63, 3.8) is 0 Å². The predicted molar refractivity (Wildman–Crippen MR) is 77.4 cm³/mol. The summed E-state index contributed by atoms with van der Waals surface area (Å²) in [7, 11) is 0. The van der Waals surface area contributed by atoms with Crippen molar-refractivity contribution in [1.29, 1.82) is 0 Å². The van der Waals surface area contributed by atoms with Crippen molar-refractivity contribution in [3.05, 3.63) is 0 Å². The number of guanidine groups is 1. The molecule has 1 saturated heterocycles. The van der Waals surface area contributed by atoms with Crippen molar-refractivity contribution in [1.82, 2.24) is 15.6 Å². The predicted octanol–water partition coefficient (Wildman–Crippen LogP) is 1.07. The highest BCUT2D eigenvalue weighted by molar-refractivity contribution is 5.79. The van der Waals surface area contributed by atoms with Crippen molar-refractivity contribution in [2.24, 2.45) is 10.8 Å². The smallest absolute Gasteiger partial charge is 0.205 e. The number of unbranched alkanes of at least 4 members (excludes halogenated alkanes) is 1. The largest absolute Gasteiger partial charge is 0.353 e. The van der Waals surface area contributed by atoms with E-state index < -0.39 is 0 Å². The minimum Gasteiger partial charge on any atom is -0.353 e. The van der Waals surface area contributed by atoms with E-state index in [4.69, 9.17) is 5.84 Å². The molecule has 0 spiro atoms. The van der Waals surface area contributed by atoms with Gasteiger partial charge in [-0.2, -0.15) is 0 Å². The van der Waals surface area contributed by atoms with Gasteiger partial charge in [-0.1, -0.05) is 20.3 Å². The van der Waals surface area contributed by atoms with Gasteiger partial charge in [0.2, 0.25) is 5.96 Å². The van der Waals surface area contributed by atoms with E-state index in [9.17, 15) is 0 Å². The summed E-state index contributed by atoms with van der Waals surface area (Å²) in [5.41, 5.74) is 2.67. The van der Waals surface area contributed by atoms with Crippen LogP contribution in [0, 0.1) is 0 Å². The first kappa shape index (κ1) is 15.2. The molecule has 1 aliphatic heterocycles. The summed E-state index contributed by atoms with van der Waals surface area (Å²) in [4.78, 5) is 6.97. The number of nitrogens with zero attached hydrogens (tertiary/aromatic N) is 2. The Morgan fingerprint density at radius 2 is 2.00 bits per heavy atom. The first-order chi connectivity index (χ1) is 8.80. The second-order valence-corrected chi connectivity index (χ2v) is 4.99. The van der Waals surface area contributed by atoms with Gasteiger partial charge in [0, 0.05) is 25.7 Å². The van der Waals surface area contributed by atoms with Crippen LogP contribution in [0.4, 0.5) is 0 Å². The topological polar surface area (TPSA) is 65.7 Å². The Kier molecular flexibility index (Phi) is 7.76. The summed E-state index contributed by atoms with van der Waals surface area (Å²) in [6, 6.07) is 0.509. The van der Waals surface area contributed by atoms with Crippen LogP contribution in [0.15, 0.2) is 4.99 Å². The number of hydrazine groups is 1. The van der Waals surface area contributed by atoms with Crippen molar-refractivity contribution >= 4 is 5.96 Å². The number of likely N-dealkylation sites (tertiary alicyclic amines) is 1. The van der Waals surface area contributed by atoms with Crippen LogP contribution in [0.5, 0.6) is 0 Å².